The first-order valence-electron chi connectivity index (χ1n) is 4.87. The van der Waals surface area contributed by atoms with Crippen molar-refractivity contribution >= 4 is 11.6 Å². The monoisotopic (exact) mass is 318 g/mol. The third-order valence-corrected chi connectivity index (χ3v) is 2.30. The number of pyridine rings is 1. The van der Waals surface area contributed by atoms with E-state index in [1.807, 2.05) is 0 Å². The Morgan fingerprint density at radius 3 is 2.25 bits per heavy atom. The minimum atomic E-state index is -5.20. The van der Waals surface area contributed by atoms with Gasteiger partial charge in [0.25, 0.3) is 0 Å². The van der Waals surface area contributed by atoms with Crippen LogP contribution in [0.25, 0.3) is 0 Å². The molecule has 0 aliphatic heterocycles. The molecule has 0 atom stereocenters. The molecule has 0 bridgehead atoms. The molecule has 0 radical (unpaired) electrons. The van der Waals surface area contributed by atoms with Crippen LogP contribution in [-0.4, -0.2) is 11.3 Å². The van der Waals surface area contributed by atoms with Crippen molar-refractivity contribution in [3.63, 3.8) is 0 Å². The molecule has 1 rings (SSSR count). The Morgan fingerprint density at radius 1 is 1.25 bits per heavy atom. The van der Waals surface area contributed by atoms with E-state index < -0.39 is 47.5 Å². The maximum Gasteiger partial charge on any atom is 0.573 e. The lowest BCUT2D eigenvalue weighted by Crippen LogP contribution is -2.21. The second-order valence-electron chi connectivity index (χ2n) is 3.45. The standard InChI is InChI=1S/C10H5ClF6N2O/c11-4-5-3-7(20-10(15,16)17)6(1-2-18)8(19-5)9(12,13)14/h3H,1,4H2. The van der Waals surface area contributed by atoms with Gasteiger partial charge < -0.3 is 4.74 Å². The van der Waals surface area contributed by atoms with Gasteiger partial charge in [-0.25, -0.2) is 4.98 Å². The molecule has 0 amide bonds. The van der Waals surface area contributed by atoms with E-state index in [9.17, 15) is 26.3 Å². The van der Waals surface area contributed by atoms with Crippen LogP contribution < -0.4 is 4.74 Å². The summed E-state index contributed by atoms with van der Waals surface area (Å²) in [5.41, 5.74) is -3.04. The molecule has 1 aromatic rings. The fourth-order valence-electron chi connectivity index (χ4n) is 1.37. The van der Waals surface area contributed by atoms with Gasteiger partial charge in [-0.3, -0.25) is 0 Å². The summed E-state index contributed by atoms with van der Waals surface area (Å²) < 4.78 is 78.3. The summed E-state index contributed by atoms with van der Waals surface area (Å²) in [6.45, 7) is 0. The van der Waals surface area contributed by atoms with Crippen molar-refractivity contribution in [3.8, 4) is 11.8 Å². The average Bonchev–Trinajstić information content (AvgIpc) is 2.27. The molecule has 0 saturated heterocycles. The number of hydrogen-bond donors (Lipinski definition) is 0. The molecular formula is C10H5ClF6N2O. The van der Waals surface area contributed by atoms with E-state index in [0.29, 0.717) is 6.07 Å². The Morgan fingerprint density at radius 2 is 1.85 bits per heavy atom. The van der Waals surface area contributed by atoms with Crippen LogP contribution in [0.4, 0.5) is 26.3 Å². The first-order valence-corrected chi connectivity index (χ1v) is 5.40. The second-order valence-corrected chi connectivity index (χ2v) is 3.72. The number of nitriles is 1. The Kier molecular flexibility index (Phi) is 4.70. The lowest BCUT2D eigenvalue weighted by atomic mass is 10.1. The Hall–Kier alpha value is -1.69. The highest BCUT2D eigenvalue weighted by atomic mass is 35.5. The zero-order valence-corrected chi connectivity index (χ0v) is 10.2. The summed E-state index contributed by atoms with van der Waals surface area (Å²) >= 11 is 5.29. The number of halogens is 7. The van der Waals surface area contributed by atoms with E-state index in [4.69, 9.17) is 16.9 Å². The molecule has 0 N–H and O–H groups in total. The highest BCUT2D eigenvalue weighted by Gasteiger charge is 2.39. The van der Waals surface area contributed by atoms with Crippen LogP contribution in [0.1, 0.15) is 17.0 Å². The Labute approximate surface area is 113 Å². The normalized spacial score (nSPS) is 12.1. The van der Waals surface area contributed by atoms with Crippen LogP contribution in [0.5, 0.6) is 5.75 Å². The van der Waals surface area contributed by atoms with Crippen molar-refractivity contribution in [2.45, 2.75) is 24.8 Å². The van der Waals surface area contributed by atoms with Crippen molar-refractivity contribution in [3.05, 3.63) is 23.0 Å². The van der Waals surface area contributed by atoms with Gasteiger partial charge in [-0.2, -0.15) is 18.4 Å². The molecule has 1 heterocycles. The fraction of sp³-hybridized carbons (Fsp3) is 0.400. The largest absolute Gasteiger partial charge is 0.573 e. The molecule has 0 fully saturated rings. The highest BCUT2D eigenvalue weighted by molar-refractivity contribution is 6.16. The molecule has 0 saturated carbocycles. The lowest BCUT2D eigenvalue weighted by molar-refractivity contribution is -0.275. The first kappa shape index (κ1) is 16.4. The molecule has 110 valence electrons. The van der Waals surface area contributed by atoms with Crippen LogP contribution in [0.15, 0.2) is 6.07 Å². The Bertz CT molecular complexity index is 534. The quantitative estimate of drug-likeness (QED) is 0.629. The number of rotatable bonds is 3. The SMILES string of the molecule is N#CCc1c(OC(F)(F)F)cc(CCl)nc1C(F)(F)F. The Balaban J connectivity index is 3.51. The number of aromatic nitrogens is 1. The van der Waals surface area contributed by atoms with Gasteiger partial charge in [0.05, 0.1) is 24.1 Å². The van der Waals surface area contributed by atoms with Crippen molar-refractivity contribution in [2.24, 2.45) is 0 Å². The third-order valence-electron chi connectivity index (χ3n) is 2.02. The van der Waals surface area contributed by atoms with Gasteiger partial charge in [-0.15, -0.1) is 24.8 Å². The minimum Gasteiger partial charge on any atom is -0.405 e. The first-order chi connectivity index (χ1) is 9.08. The van der Waals surface area contributed by atoms with E-state index >= 15 is 0 Å². The van der Waals surface area contributed by atoms with Crippen molar-refractivity contribution in [1.82, 2.24) is 4.98 Å². The molecule has 0 aliphatic carbocycles. The molecule has 0 aliphatic rings. The van der Waals surface area contributed by atoms with Crippen LogP contribution in [-0.2, 0) is 18.5 Å². The fourth-order valence-corrected chi connectivity index (χ4v) is 1.50. The highest BCUT2D eigenvalue weighted by Crippen LogP contribution is 2.37. The van der Waals surface area contributed by atoms with Gasteiger partial charge in [0.1, 0.15) is 5.75 Å². The molecule has 10 heteroatoms. The molecule has 0 aromatic carbocycles. The summed E-state index contributed by atoms with van der Waals surface area (Å²) in [5.74, 6) is -1.67. The summed E-state index contributed by atoms with van der Waals surface area (Å²) in [5, 5.41) is 8.45. The van der Waals surface area contributed by atoms with Gasteiger partial charge in [0, 0.05) is 11.6 Å². The van der Waals surface area contributed by atoms with Gasteiger partial charge >= 0.3 is 12.5 Å². The molecular weight excluding hydrogens is 314 g/mol. The zero-order valence-electron chi connectivity index (χ0n) is 9.44. The van der Waals surface area contributed by atoms with Gasteiger partial charge in [0.2, 0.25) is 0 Å². The second kappa shape index (κ2) is 5.75. The van der Waals surface area contributed by atoms with Crippen LogP contribution in [0, 0.1) is 11.3 Å². The van der Waals surface area contributed by atoms with Crippen molar-refractivity contribution < 1.29 is 31.1 Å². The number of alkyl halides is 7. The van der Waals surface area contributed by atoms with Gasteiger partial charge in [0.15, 0.2) is 5.69 Å². The van der Waals surface area contributed by atoms with Crippen molar-refractivity contribution in [1.29, 1.82) is 5.26 Å². The van der Waals surface area contributed by atoms with E-state index in [2.05, 4.69) is 9.72 Å². The maximum atomic E-state index is 12.7. The minimum absolute atomic E-state index is 0.445. The molecule has 3 nitrogen and oxygen atoms in total. The number of hydrogen-bond acceptors (Lipinski definition) is 3. The van der Waals surface area contributed by atoms with E-state index in [-0.39, 0.29) is 0 Å². The van der Waals surface area contributed by atoms with Gasteiger partial charge in [-0.05, 0) is 0 Å². The average molecular weight is 319 g/mol. The summed E-state index contributed by atoms with van der Waals surface area (Å²) in [6.07, 6.45) is -11.2. The predicted molar refractivity (Wildman–Crippen MR) is 54.8 cm³/mol. The van der Waals surface area contributed by atoms with Crippen LogP contribution in [0.2, 0.25) is 0 Å². The molecule has 1 aromatic heterocycles. The summed E-state index contributed by atoms with van der Waals surface area (Å²) in [7, 11) is 0. The molecule has 0 spiro atoms. The molecule has 0 unspecified atom stereocenters. The third kappa shape index (κ3) is 4.16. The summed E-state index contributed by atoms with van der Waals surface area (Å²) in [6, 6.07) is 1.97. The van der Waals surface area contributed by atoms with Gasteiger partial charge in [-0.1, -0.05) is 0 Å². The maximum absolute atomic E-state index is 12.7. The van der Waals surface area contributed by atoms with E-state index in [0.717, 1.165) is 0 Å². The number of nitrogens with zero attached hydrogens (tertiary/aromatic N) is 2. The van der Waals surface area contributed by atoms with Crippen LogP contribution in [0.3, 0.4) is 0 Å². The van der Waals surface area contributed by atoms with Crippen molar-refractivity contribution in [2.75, 3.05) is 0 Å². The van der Waals surface area contributed by atoms with Crippen LogP contribution >= 0.6 is 11.6 Å². The zero-order chi connectivity index (χ0) is 15.6. The summed E-state index contributed by atoms with van der Waals surface area (Å²) in [4.78, 5) is 3.12. The molecule has 20 heavy (non-hydrogen) atoms. The predicted octanol–water partition coefficient (Wildman–Crippen LogP) is 3.80. The van der Waals surface area contributed by atoms with E-state index in [1.54, 1.807) is 0 Å². The lowest BCUT2D eigenvalue weighted by Gasteiger charge is -2.17. The van der Waals surface area contributed by atoms with E-state index in [1.165, 1.54) is 6.07 Å². The topological polar surface area (TPSA) is 45.9 Å². The smallest absolute Gasteiger partial charge is 0.405 e. The number of ether oxygens (including phenoxy) is 1.